The van der Waals surface area contributed by atoms with Gasteiger partial charge in [-0.05, 0) is 91.8 Å². The van der Waals surface area contributed by atoms with Gasteiger partial charge in [0, 0.05) is 6.04 Å². The van der Waals surface area contributed by atoms with Crippen LogP contribution in [0.3, 0.4) is 0 Å². The summed E-state index contributed by atoms with van der Waals surface area (Å²) < 4.78 is 0. The zero-order valence-corrected chi connectivity index (χ0v) is 23.6. The van der Waals surface area contributed by atoms with E-state index in [0.29, 0.717) is 27.7 Å². The molecular formula is C32H61N. The van der Waals surface area contributed by atoms with Gasteiger partial charge in [0.25, 0.3) is 0 Å². The summed E-state index contributed by atoms with van der Waals surface area (Å²) in [7, 11) is 0. The van der Waals surface area contributed by atoms with E-state index in [-0.39, 0.29) is 0 Å². The molecule has 4 unspecified atom stereocenters. The lowest BCUT2D eigenvalue weighted by atomic mass is 9.56. The highest BCUT2D eigenvalue weighted by atomic mass is 14.7. The first kappa shape index (κ1) is 27.5. The van der Waals surface area contributed by atoms with Gasteiger partial charge in [0.15, 0.2) is 0 Å². The lowest BCUT2D eigenvalue weighted by molar-refractivity contribution is 0.0161. The average molecular weight is 460 g/mol. The monoisotopic (exact) mass is 459 g/mol. The minimum atomic E-state index is 0.426. The Morgan fingerprint density at radius 1 is 0.667 bits per heavy atom. The van der Waals surface area contributed by atoms with E-state index in [1.807, 2.05) is 0 Å². The topological polar surface area (TPSA) is 26.0 Å². The second-order valence-corrected chi connectivity index (χ2v) is 14.2. The Morgan fingerprint density at radius 3 is 1.67 bits per heavy atom. The molecule has 3 fully saturated rings. The number of rotatable bonds is 6. The third kappa shape index (κ3) is 6.40. The smallest absolute Gasteiger partial charge is 0.00673 e. The predicted octanol–water partition coefficient (Wildman–Crippen LogP) is 10.2. The Morgan fingerprint density at radius 2 is 1.12 bits per heavy atom. The van der Waals surface area contributed by atoms with E-state index in [4.69, 9.17) is 5.73 Å². The van der Waals surface area contributed by atoms with Gasteiger partial charge in [-0.3, -0.25) is 0 Å². The largest absolute Gasteiger partial charge is 0.327 e. The summed E-state index contributed by atoms with van der Waals surface area (Å²) >= 11 is 0. The van der Waals surface area contributed by atoms with Crippen LogP contribution in [0, 0.1) is 27.6 Å². The minimum absolute atomic E-state index is 0.426. The zero-order chi connectivity index (χ0) is 24.0. The molecule has 0 radical (unpaired) electrons. The maximum absolute atomic E-state index is 6.96. The molecule has 2 N–H and O–H groups in total. The molecule has 0 saturated heterocycles. The van der Waals surface area contributed by atoms with Gasteiger partial charge in [-0.1, -0.05) is 105 Å². The van der Waals surface area contributed by atoms with Crippen molar-refractivity contribution in [2.75, 3.05) is 0 Å². The number of nitrogens with two attached hydrogens (primary N) is 1. The molecule has 0 bridgehead atoms. The molecule has 3 aliphatic carbocycles. The van der Waals surface area contributed by atoms with E-state index in [2.05, 4.69) is 34.6 Å². The lowest BCUT2D eigenvalue weighted by Gasteiger charge is -2.49. The summed E-state index contributed by atoms with van der Waals surface area (Å²) in [5.74, 6) is 0.743. The molecule has 194 valence electrons. The molecule has 3 rings (SSSR count). The van der Waals surface area contributed by atoms with Crippen molar-refractivity contribution < 1.29 is 0 Å². The molecule has 1 nitrogen and oxygen atoms in total. The predicted molar refractivity (Wildman–Crippen MR) is 147 cm³/mol. The lowest BCUT2D eigenvalue weighted by Crippen LogP contribution is -2.39. The van der Waals surface area contributed by atoms with Crippen LogP contribution >= 0.6 is 0 Å². The Balaban J connectivity index is 1.65. The van der Waals surface area contributed by atoms with E-state index in [0.717, 1.165) is 5.92 Å². The molecule has 0 aromatic rings. The molecule has 3 aliphatic rings. The van der Waals surface area contributed by atoms with Crippen molar-refractivity contribution in [2.24, 2.45) is 33.3 Å². The van der Waals surface area contributed by atoms with Crippen LogP contribution in [0.25, 0.3) is 0 Å². The van der Waals surface area contributed by atoms with Crippen molar-refractivity contribution in [3.63, 3.8) is 0 Å². The molecule has 33 heavy (non-hydrogen) atoms. The van der Waals surface area contributed by atoms with Crippen molar-refractivity contribution in [2.45, 2.75) is 175 Å². The Kier molecular flexibility index (Phi) is 9.85. The maximum Gasteiger partial charge on any atom is 0.00673 e. The SMILES string of the molecule is CCC(C)(CCC1CCC(C)(C2(C)CCCCCCC2)CCC1N)C1(C)CCCCCCC1. The van der Waals surface area contributed by atoms with Gasteiger partial charge >= 0.3 is 0 Å². The highest BCUT2D eigenvalue weighted by molar-refractivity contribution is 4.98. The fourth-order valence-electron chi connectivity index (χ4n) is 8.51. The summed E-state index contributed by atoms with van der Waals surface area (Å²) in [4.78, 5) is 0. The Bertz CT molecular complexity index is 565. The summed E-state index contributed by atoms with van der Waals surface area (Å²) in [6.45, 7) is 13.1. The molecule has 0 aromatic heterocycles. The number of hydrogen-bond acceptors (Lipinski definition) is 1. The molecule has 4 atom stereocenters. The van der Waals surface area contributed by atoms with Crippen LogP contribution in [0.5, 0.6) is 0 Å². The van der Waals surface area contributed by atoms with Crippen LogP contribution in [-0.2, 0) is 0 Å². The molecule has 0 spiro atoms. The van der Waals surface area contributed by atoms with Crippen LogP contribution in [0.15, 0.2) is 0 Å². The standard InChI is InChI=1S/C32H61N/c1-6-29(2,30(3)20-13-9-7-10-14-21-30)24-17-27-18-25-32(5,26-19-28(27)33)31(4)22-15-11-8-12-16-23-31/h27-28H,6-26,33H2,1-5H3. The first-order chi connectivity index (χ1) is 15.7. The van der Waals surface area contributed by atoms with E-state index in [1.165, 1.54) is 135 Å². The normalized spacial score (nSPS) is 35.8. The third-order valence-electron chi connectivity index (χ3n) is 12.4. The molecule has 0 amide bonds. The van der Waals surface area contributed by atoms with Gasteiger partial charge in [-0.15, -0.1) is 0 Å². The first-order valence-electron chi connectivity index (χ1n) is 15.4. The summed E-state index contributed by atoms with van der Waals surface area (Å²) in [5, 5.41) is 0. The van der Waals surface area contributed by atoms with Crippen LogP contribution in [0.4, 0.5) is 0 Å². The molecule has 1 heteroatoms. The zero-order valence-electron chi connectivity index (χ0n) is 23.6. The van der Waals surface area contributed by atoms with Gasteiger partial charge in [0.05, 0.1) is 0 Å². The third-order valence-corrected chi connectivity index (χ3v) is 12.4. The highest BCUT2D eigenvalue weighted by Gasteiger charge is 2.46. The van der Waals surface area contributed by atoms with Crippen LogP contribution < -0.4 is 5.73 Å². The second-order valence-electron chi connectivity index (χ2n) is 14.2. The van der Waals surface area contributed by atoms with Crippen molar-refractivity contribution in [3.05, 3.63) is 0 Å². The van der Waals surface area contributed by atoms with Crippen molar-refractivity contribution >= 4 is 0 Å². The molecule has 0 aliphatic heterocycles. The molecule has 0 aromatic carbocycles. The fourth-order valence-corrected chi connectivity index (χ4v) is 8.51. The van der Waals surface area contributed by atoms with E-state index in [1.54, 1.807) is 0 Å². The van der Waals surface area contributed by atoms with E-state index >= 15 is 0 Å². The summed E-state index contributed by atoms with van der Waals surface area (Å²) in [6, 6.07) is 0.426. The van der Waals surface area contributed by atoms with E-state index in [9.17, 15) is 0 Å². The summed E-state index contributed by atoms with van der Waals surface area (Å²) in [5.41, 5.74) is 8.99. The van der Waals surface area contributed by atoms with Crippen molar-refractivity contribution in [3.8, 4) is 0 Å². The van der Waals surface area contributed by atoms with Gasteiger partial charge in [0.1, 0.15) is 0 Å². The van der Waals surface area contributed by atoms with Crippen LogP contribution in [0.2, 0.25) is 0 Å². The second kappa shape index (κ2) is 11.8. The van der Waals surface area contributed by atoms with Crippen molar-refractivity contribution in [1.29, 1.82) is 0 Å². The van der Waals surface area contributed by atoms with Gasteiger partial charge in [-0.25, -0.2) is 0 Å². The number of hydrogen-bond donors (Lipinski definition) is 1. The minimum Gasteiger partial charge on any atom is -0.327 e. The van der Waals surface area contributed by atoms with Crippen molar-refractivity contribution in [1.82, 2.24) is 0 Å². The van der Waals surface area contributed by atoms with Gasteiger partial charge < -0.3 is 5.73 Å². The highest BCUT2D eigenvalue weighted by Crippen LogP contribution is 2.57. The molecule has 0 heterocycles. The molecule has 3 saturated carbocycles. The van der Waals surface area contributed by atoms with Gasteiger partial charge in [-0.2, -0.15) is 0 Å². The summed E-state index contributed by atoms with van der Waals surface area (Å²) in [6.07, 6.45) is 29.9. The van der Waals surface area contributed by atoms with Gasteiger partial charge in [0.2, 0.25) is 0 Å². The maximum atomic E-state index is 6.96. The Hall–Kier alpha value is -0.0400. The first-order valence-corrected chi connectivity index (χ1v) is 15.4. The van der Waals surface area contributed by atoms with E-state index < -0.39 is 0 Å². The van der Waals surface area contributed by atoms with Crippen LogP contribution in [-0.4, -0.2) is 6.04 Å². The average Bonchev–Trinajstić information content (AvgIpc) is 2.91. The molecular weight excluding hydrogens is 398 g/mol. The fraction of sp³-hybridized carbons (Fsp3) is 1.00. The quantitative estimate of drug-likeness (QED) is 0.393. The van der Waals surface area contributed by atoms with Crippen LogP contribution in [0.1, 0.15) is 169 Å². The Labute approximate surface area is 208 Å².